The number of methoxy groups -OCH3 is 4. The predicted molar refractivity (Wildman–Crippen MR) is 109 cm³/mol. The quantitative estimate of drug-likeness (QED) is 0.665. The Kier molecular flexibility index (Phi) is 4.96. The maximum atomic E-state index is 13.0. The van der Waals surface area contributed by atoms with E-state index in [1.807, 2.05) is 24.3 Å². The number of nitrogens with one attached hydrogen (secondary N) is 2. The fraction of sp³-hybridized carbons (Fsp3) is 0.318. The van der Waals surface area contributed by atoms with Crippen LogP contribution in [0.15, 0.2) is 30.3 Å². The number of hydrogen-bond donors (Lipinski definition) is 2. The van der Waals surface area contributed by atoms with Crippen molar-refractivity contribution in [3.05, 3.63) is 47.2 Å². The second kappa shape index (κ2) is 7.58. The monoisotopic (exact) mass is 396 g/mol. The number of aromatic amines is 1. The smallest absolute Gasteiger partial charge is 0.268 e. The van der Waals surface area contributed by atoms with E-state index in [1.54, 1.807) is 34.5 Å². The highest BCUT2D eigenvalue weighted by atomic mass is 16.5. The zero-order valence-corrected chi connectivity index (χ0v) is 16.9. The third kappa shape index (κ3) is 3.22. The molecule has 0 saturated heterocycles. The molecule has 0 radical (unpaired) electrons. The van der Waals surface area contributed by atoms with Crippen LogP contribution in [0.5, 0.6) is 23.0 Å². The molecule has 0 bridgehead atoms. The molecule has 2 aromatic carbocycles. The van der Waals surface area contributed by atoms with E-state index in [2.05, 4.69) is 10.3 Å². The molecule has 3 aromatic rings. The maximum absolute atomic E-state index is 13.0. The van der Waals surface area contributed by atoms with E-state index in [1.165, 1.54) is 0 Å². The van der Waals surface area contributed by atoms with Gasteiger partial charge in [0.25, 0.3) is 5.91 Å². The molecule has 1 aliphatic rings. The van der Waals surface area contributed by atoms with Gasteiger partial charge in [0, 0.05) is 5.39 Å². The number of hydrogen-bond acceptors (Lipinski definition) is 5. The lowest BCUT2D eigenvalue weighted by Crippen LogP contribution is -2.27. The van der Waals surface area contributed by atoms with Gasteiger partial charge in [0.2, 0.25) is 0 Å². The van der Waals surface area contributed by atoms with Crippen LogP contribution in [0.3, 0.4) is 0 Å². The molecule has 1 amide bonds. The van der Waals surface area contributed by atoms with Crippen molar-refractivity contribution < 1.29 is 23.7 Å². The number of rotatable bonds is 6. The molecule has 4 rings (SSSR count). The van der Waals surface area contributed by atoms with Crippen molar-refractivity contribution in [1.82, 2.24) is 10.3 Å². The first-order valence-electron chi connectivity index (χ1n) is 9.39. The SMILES string of the molecule is COc1cc2c(cc1OC)[C@H](NC(=O)c1cc3c(OC)ccc(OC)c3[nH]1)CC2. The number of carbonyl (C=O) groups excluding carboxylic acids is 1. The van der Waals surface area contributed by atoms with Crippen molar-refractivity contribution in [3.63, 3.8) is 0 Å². The van der Waals surface area contributed by atoms with Crippen molar-refractivity contribution in [2.24, 2.45) is 0 Å². The molecule has 1 heterocycles. The molecule has 0 spiro atoms. The molecule has 0 unspecified atom stereocenters. The van der Waals surface area contributed by atoms with Gasteiger partial charge in [-0.3, -0.25) is 4.79 Å². The molecular formula is C22H24N2O5. The van der Waals surface area contributed by atoms with Gasteiger partial charge in [-0.15, -0.1) is 0 Å². The number of aryl methyl sites for hydroxylation is 1. The van der Waals surface area contributed by atoms with Gasteiger partial charge in [0.1, 0.15) is 17.2 Å². The van der Waals surface area contributed by atoms with E-state index in [-0.39, 0.29) is 11.9 Å². The van der Waals surface area contributed by atoms with Crippen LogP contribution in [0.2, 0.25) is 0 Å². The lowest BCUT2D eigenvalue weighted by atomic mass is 10.1. The van der Waals surface area contributed by atoms with Crippen LogP contribution in [-0.2, 0) is 6.42 Å². The summed E-state index contributed by atoms with van der Waals surface area (Å²) in [4.78, 5) is 16.1. The van der Waals surface area contributed by atoms with Gasteiger partial charge in [-0.25, -0.2) is 0 Å². The minimum absolute atomic E-state index is 0.0903. The molecule has 0 fully saturated rings. The molecule has 152 valence electrons. The lowest BCUT2D eigenvalue weighted by Gasteiger charge is -2.16. The average molecular weight is 396 g/mol. The highest BCUT2D eigenvalue weighted by Gasteiger charge is 2.27. The van der Waals surface area contributed by atoms with E-state index < -0.39 is 0 Å². The molecule has 1 aromatic heterocycles. The Labute approximate surface area is 168 Å². The number of amides is 1. The Bertz CT molecular complexity index is 1030. The van der Waals surface area contributed by atoms with Crippen molar-refractivity contribution >= 4 is 16.8 Å². The van der Waals surface area contributed by atoms with Gasteiger partial charge < -0.3 is 29.2 Å². The Morgan fingerprint density at radius 1 is 0.931 bits per heavy atom. The molecular weight excluding hydrogens is 372 g/mol. The van der Waals surface area contributed by atoms with Crippen molar-refractivity contribution in [1.29, 1.82) is 0 Å². The normalized spacial score (nSPS) is 15.1. The Morgan fingerprint density at radius 3 is 2.28 bits per heavy atom. The summed E-state index contributed by atoms with van der Waals surface area (Å²) in [5.41, 5.74) is 3.40. The summed E-state index contributed by atoms with van der Waals surface area (Å²) in [7, 11) is 6.43. The van der Waals surface area contributed by atoms with E-state index in [9.17, 15) is 4.79 Å². The highest BCUT2D eigenvalue weighted by molar-refractivity contribution is 6.01. The number of aromatic nitrogens is 1. The summed E-state index contributed by atoms with van der Waals surface area (Å²) >= 11 is 0. The number of ether oxygens (including phenoxy) is 4. The van der Waals surface area contributed by atoms with Crippen LogP contribution in [-0.4, -0.2) is 39.3 Å². The Balaban J connectivity index is 1.63. The van der Waals surface area contributed by atoms with Gasteiger partial charge in [-0.2, -0.15) is 0 Å². The zero-order chi connectivity index (χ0) is 20.5. The summed E-state index contributed by atoms with van der Waals surface area (Å²) in [5, 5.41) is 3.93. The van der Waals surface area contributed by atoms with Crippen molar-refractivity contribution in [3.8, 4) is 23.0 Å². The van der Waals surface area contributed by atoms with Crippen LogP contribution in [0.1, 0.15) is 34.1 Å². The average Bonchev–Trinajstić information content (AvgIpc) is 3.36. The molecule has 29 heavy (non-hydrogen) atoms. The van der Waals surface area contributed by atoms with Crippen molar-refractivity contribution in [2.75, 3.05) is 28.4 Å². The zero-order valence-electron chi connectivity index (χ0n) is 16.9. The first kappa shape index (κ1) is 19.0. The van der Waals surface area contributed by atoms with Crippen LogP contribution >= 0.6 is 0 Å². The van der Waals surface area contributed by atoms with Gasteiger partial charge in [-0.1, -0.05) is 0 Å². The minimum Gasteiger partial charge on any atom is -0.496 e. The first-order chi connectivity index (χ1) is 14.1. The minimum atomic E-state index is -0.182. The number of fused-ring (bicyclic) bond motifs is 2. The van der Waals surface area contributed by atoms with Crippen LogP contribution in [0.4, 0.5) is 0 Å². The van der Waals surface area contributed by atoms with Gasteiger partial charge in [0.05, 0.1) is 40.0 Å². The maximum Gasteiger partial charge on any atom is 0.268 e. The lowest BCUT2D eigenvalue weighted by molar-refractivity contribution is 0.0932. The van der Waals surface area contributed by atoms with Crippen LogP contribution in [0, 0.1) is 0 Å². The molecule has 0 saturated carbocycles. The van der Waals surface area contributed by atoms with Crippen molar-refractivity contribution in [2.45, 2.75) is 18.9 Å². The highest BCUT2D eigenvalue weighted by Crippen LogP contribution is 2.39. The predicted octanol–water partition coefficient (Wildman–Crippen LogP) is 3.62. The van der Waals surface area contributed by atoms with E-state index >= 15 is 0 Å². The number of carbonyl (C=O) groups is 1. The molecule has 1 aliphatic carbocycles. The fourth-order valence-corrected chi connectivity index (χ4v) is 3.96. The third-order valence-electron chi connectivity index (χ3n) is 5.43. The molecule has 7 nitrogen and oxygen atoms in total. The van der Waals surface area contributed by atoms with E-state index in [0.717, 1.165) is 34.9 Å². The summed E-state index contributed by atoms with van der Waals surface area (Å²) in [6.45, 7) is 0. The van der Waals surface area contributed by atoms with E-state index in [4.69, 9.17) is 18.9 Å². The third-order valence-corrected chi connectivity index (χ3v) is 5.43. The Morgan fingerprint density at radius 2 is 1.59 bits per heavy atom. The van der Waals surface area contributed by atoms with Gasteiger partial charge in [-0.05, 0) is 54.3 Å². The van der Waals surface area contributed by atoms with Gasteiger partial charge >= 0.3 is 0 Å². The second-order valence-corrected chi connectivity index (χ2v) is 6.91. The second-order valence-electron chi connectivity index (χ2n) is 6.91. The summed E-state index contributed by atoms with van der Waals surface area (Å²) in [6.07, 6.45) is 1.69. The number of H-pyrrole nitrogens is 1. The Hall–Kier alpha value is -3.35. The number of benzene rings is 2. The summed E-state index contributed by atoms with van der Waals surface area (Å²) < 4.78 is 21.6. The topological polar surface area (TPSA) is 81.8 Å². The fourth-order valence-electron chi connectivity index (χ4n) is 3.96. The van der Waals surface area contributed by atoms with E-state index in [0.29, 0.717) is 28.7 Å². The molecule has 1 atom stereocenters. The standard InChI is InChI=1S/C22H24N2O5/c1-26-17-7-8-18(27-2)21-14(17)10-16(23-21)22(25)24-15-6-5-12-9-19(28-3)20(29-4)11-13(12)15/h7-11,15,23H,5-6H2,1-4H3,(H,24,25)/t15-/m1/s1. The molecule has 2 N–H and O–H groups in total. The summed E-state index contributed by atoms with van der Waals surface area (Å²) in [5.74, 6) is 2.51. The van der Waals surface area contributed by atoms with Crippen LogP contribution < -0.4 is 24.3 Å². The first-order valence-corrected chi connectivity index (χ1v) is 9.39. The molecule has 7 heteroatoms. The van der Waals surface area contributed by atoms with Gasteiger partial charge in [0.15, 0.2) is 11.5 Å². The largest absolute Gasteiger partial charge is 0.496 e. The van der Waals surface area contributed by atoms with Crippen LogP contribution in [0.25, 0.3) is 10.9 Å². The summed E-state index contributed by atoms with van der Waals surface area (Å²) in [6, 6.07) is 9.27. The molecule has 0 aliphatic heterocycles.